The van der Waals surface area contributed by atoms with Crippen molar-refractivity contribution >= 4 is 11.9 Å². The van der Waals surface area contributed by atoms with Crippen LogP contribution in [0, 0.1) is 0 Å². The first-order valence-corrected chi connectivity index (χ1v) is 10.6. The minimum atomic E-state index is -0.168. The summed E-state index contributed by atoms with van der Waals surface area (Å²) in [5, 5.41) is 0. The lowest BCUT2D eigenvalue weighted by atomic mass is 10.2. The monoisotopic (exact) mass is 408 g/mol. The number of carbonyl (C=O) groups excluding carboxylic acids is 2. The summed E-state index contributed by atoms with van der Waals surface area (Å²) in [5.41, 5.74) is 0. The third-order valence-corrected chi connectivity index (χ3v) is 5.43. The number of hydrogen-bond acceptors (Lipinski definition) is 5. The van der Waals surface area contributed by atoms with E-state index in [1.807, 2.05) is 15.7 Å². The first kappa shape index (κ1) is 25.1. The molecule has 1 aromatic rings. The Bertz CT molecular complexity index is 615. The zero-order valence-corrected chi connectivity index (χ0v) is 17.7. The number of nitrogens with zero attached hydrogens (tertiary/aromatic N) is 4. The quantitative estimate of drug-likeness (QED) is 0.393. The lowest BCUT2D eigenvalue weighted by Crippen LogP contribution is -2.34. The maximum absolute atomic E-state index is 12.5. The third-order valence-electron chi connectivity index (χ3n) is 5.43. The van der Waals surface area contributed by atoms with E-state index >= 15 is 0 Å². The summed E-state index contributed by atoms with van der Waals surface area (Å²) < 4.78 is 7.24. The Hall–Kier alpha value is -1.89. The van der Waals surface area contributed by atoms with Gasteiger partial charge in [0.15, 0.2) is 0 Å². The molecular weight excluding hydrogens is 368 g/mol. The number of ether oxygens (including phenoxy) is 1. The lowest BCUT2D eigenvalue weighted by Gasteiger charge is -2.20. The molecule has 1 saturated heterocycles. The van der Waals surface area contributed by atoms with Crippen LogP contribution < -0.4 is 0 Å². The zero-order chi connectivity index (χ0) is 20.4. The number of imidazole rings is 1. The molecule has 0 aromatic carbocycles. The summed E-state index contributed by atoms with van der Waals surface area (Å²) in [6, 6.07) is 0.457. The number of aromatic nitrogens is 2. The molecule has 0 bridgehead atoms. The molecule has 1 aromatic heterocycles. The number of likely N-dealkylation sites (tertiary alicyclic amines) is 1. The molecule has 2 heterocycles. The van der Waals surface area contributed by atoms with Crippen LogP contribution in [0.2, 0.25) is 0 Å². The molecule has 0 unspecified atom stereocenters. The van der Waals surface area contributed by atoms with E-state index in [1.54, 1.807) is 6.20 Å². The van der Waals surface area contributed by atoms with Crippen LogP contribution >= 0.6 is 0 Å². The summed E-state index contributed by atoms with van der Waals surface area (Å²) in [6.45, 7) is 4.86. The van der Waals surface area contributed by atoms with Gasteiger partial charge in [-0.2, -0.15) is 0 Å². The number of esters is 1. The largest absolute Gasteiger partial charge is 0.466 e. The summed E-state index contributed by atoms with van der Waals surface area (Å²) in [7, 11) is 4.12. The maximum Gasteiger partial charge on any atom is 0.307 e. The van der Waals surface area contributed by atoms with Crippen molar-refractivity contribution in [3.63, 3.8) is 0 Å². The first-order valence-electron chi connectivity index (χ1n) is 10.6. The van der Waals surface area contributed by atoms with Crippen LogP contribution in [-0.2, 0) is 27.3 Å². The van der Waals surface area contributed by atoms with E-state index in [2.05, 4.69) is 30.9 Å². The van der Waals surface area contributed by atoms with Crippen LogP contribution in [0.15, 0.2) is 12.4 Å². The van der Waals surface area contributed by atoms with Gasteiger partial charge in [-0.25, -0.2) is 4.98 Å². The van der Waals surface area contributed by atoms with Crippen molar-refractivity contribution in [2.75, 3.05) is 33.8 Å². The Morgan fingerprint density at radius 3 is 2.72 bits per heavy atom. The molecule has 0 radical (unpaired) electrons. The molecule has 7 nitrogen and oxygen atoms in total. The van der Waals surface area contributed by atoms with Gasteiger partial charge in [-0.3, -0.25) is 9.59 Å². The predicted molar refractivity (Wildman–Crippen MR) is 116 cm³/mol. The minimum Gasteiger partial charge on any atom is -0.466 e. The molecule has 29 heavy (non-hydrogen) atoms. The number of likely N-dealkylation sites (N-methyl/N-ethyl adjacent to an activating group) is 1. The SMILES string of the molecule is C.CCCCCCOC(=O)CCn1ccnc1CCC(=O)N1CC[C@H](N(C)C)C1. The average Bonchev–Trinajstić information content (AvgIpc) is 3.33. The van der Waals surface area contributed by atoms with E-state index in [1.165, 1.54) is 12.8 Å². The maximum atomic E-state index is 12.5. The molecule has 1 amide bonds. The second-order valence-corrected chi connectivity index (χ2v) is 7.81. The zero-order valence-electron chi connectivity index (χ0n) is 17.7. The number of hydrogen-bond donors (Lipinski definition) is 0. The van der Waals surface area contributed by atoms with Crippen molar-refractivity contribution in [2.24, 2.45) is 0 Å². The minimum absolute atomic E-state index is 0. The molecule has 1 aliphatic heterocycles. The van der Waals surface area contributed by atoms with Gasteiger partial charge in [0.1, 0.15) is 5.82 Å². The van der Waals surface area contributed by atoms with Gasteiger partial charge in [-0.1, -0.05) is 33.6 Å². The topological polar surface area (TPSA) is 67.7 Å². The van der Waals surface area contributed by atoms with Crippen LogP contribution in [0.1, 0.15) is 65.1 Å². The van der Waals surface area contributed by atoms with E-state index in [0.717, 1.165) is 38.2 Å². The highest BCUT2D eigenvalue weighted by molar-refractivity contribution is 5.76. The van der Waals surface area contributed by atoms with E-state index in [0.29, 0.717) is 38.5 Å². The second-order valence-electron chi connectivity index (χ2n) is 7.81. The molecule has 0 spiro atoms. The highest BCUT2D eigenvalue weighted by atomic mass is 16.5. The first-order chi connectivity index (χ1) is 13.5. The van der Waals surface area contributed by atoms with Crippen molar-refractivity contribution in [1.82, 2.24) is 19.4 Å². The summed E-state index contributed by atoms with van der Waals surface area (Å²) in [5.74, 6) is 0.872. The van der Waals surface area contributed by atoms with Crippen LogP contribution in [0.25, 0.3) is 0 Å². The Labute approximate surface area is 176 Å². The van der Waals surface area contributed by atoms with Crippen molar-refractivity contribution in [2.45, 2.75) is 78.3 Å². The van der Waals surface area contributed by atoms with Crippen LogP contribution in [-0.4, -0.2) is 71.1 Å². The molecule has 0 aliphatic carbocycles. The van der Waals surface area contributed by atoms with Gasteiger partial charge in [0, 0.05) is 50.9 Å². The highest BCUT2D eigenvalue weighted by Crippen LogP contribution is 2.15. The second kappa shape index (κ2) is 13.4. The van der Waals surface area contributed by atoms with Gasteiger partial charge in [0.2, 0.25) is 5.91 Å². The molecule has 0 saturated carbocycles. The Kier molecular flexibility index (Phi) is 11.6. The Balaban J connectivity index is 0.00000420. The van der Waals surface area contributed by atoms with E-state index in [9.17, 15) is 9.59 Å². The molecular formula is C22H40N4O3. The molecule has 166 valence electrons. The Morgan fingerprint density at radius 1 is 1.24 bits per heavy atom. The van der Waals surface area contributed by atoms with Gasteiger partial charge in [-0.05, 0) is 26.9 Å². The Morgan fingerprint density at radius 2 is 2.03 bits per heavy atom. The normalized spacial score (nSPS) is 16.1. The number of amides is 1. The highest BCUT2D eigenvalue weighted by Gasteiger charge is 2.27. The molecule has 1 fully saturated rings. The summed E-state index contributed by atoms with van der Waals surface area (Å²) in [6.07, 6.45) is 10.4. The fourth-order valence-corrected chi connectivity index (χ4v) is 3.54. The van der Waals surface area contributed by atoms with Crippen LogP contribution in [0.4, 0.5) is 0 Å². The van der Waals surface area contributed by atoms with Crippen LogP contribution in [0.5, 0.6) is 0 Å². The van der Waals surface area contributed by atoms with E-state index in [4.69, 9.17) is 4.74 Å². The van der Waals surface area contributed by atoms with Gasteiger partial charge in [-0.15, -0.1) is 0 Å². The lowest BCUT2D eigenvalue weighted by molar-refractivity contribution is -0.144. The third kappa shape index (κ3) is 8.56. The number of carbonyl (C=O) groups is 2. The number of rotatable bonds is 12. The van der Waals surface area contributed by atoms with Crippen molar-refractivity contribution in [3.8, 4) is 0 Å². The smallest absolute Gasteiger partial charge is 0.307 e. The molecule has 1 atom stereocenters. The van der Waals surface area contributed by atoms with Gasteiger partial charge >= 0.3 is 5.97 Å². The van der Waals surface area contributed by atoms with Crippen molar-refractivity contribution < 1.29 is 14.3 Å². The number of aryl methyl sites for hydroxylation is 2. The van der Waals surface area contributed by atoms with Gasteiger partial charge in [0.05, 0.1) is 13.0 Å². The average molecular weight is 409 g/mol. The molecule has 7 heteroatoms. The van der Waals surface area contributed by atoms with E-state index in [-0.39, 0.29) is 19.3 Å². The summed E-state index contributed by atoms with van der Waals surface area (Å²) >= 11 is 0. The van der Waals surface area contributed by atoms with Crippen molar-refractivity contribution in [3.05, 3.63) is 18.2 Å². The van der Waals surface area contributed by atoms with Gasteiger partial charge in [0.25, 0.3) is 0 Å². The molecule has 1 aliphatic rings. The number of unbranched alkanes of at least 4 members (excludes halogenated alkanes) is 3. The predicted octanol–water partition coefficient (Wildman–Crippen LogP) is 3.13. The van der Waals surface area contributed by atoms with E-state index < -0.39 is 0 Å². The van der Waals surface area contributed by atoms with Gasteiger partial charge < -0.3 is 19.1 Å². The molecule has 2 rings (SSSR count). The van der Waals surface area contributed by atoms with Crippen molar-refractivity contribution in [1.29, 1.82) is 0 Å². The standard InChI is InChI=1S/C21H36N4O3.CH4/c1-4-5-6-7-16-28-21(27)11-14-24-15-12-22-19(24)8-9-20(26)25-13-10-18(17-25)23(2)3;/h12,15,18H,4-11,13-14,16-17H2,1-3H3;1H4/t18-;/m0./s1. The molecule has 0 N–H and O–H groups in total. The summed E-state index contributed by atoms with van der Waals surface area (Å²) in [4.78, 5) is 32.9. The fraction of sp³-hybridized carbons (Fsp3) is 0.773. The van der Waals surface area contributed by atoms with Crippen LogP contribution in [0.3, 0.4) is 0 Å². The fourth-order valence-electron chi connectivity index (χ4n) is 3.54.